The summed E-state index contributed by atoms with van der Waals surface area (Å²) in [6.45, 7) is 3.64. The second-order valence-corrected chi connectivity index (χ2v) is 4.25. The molecule has 0 bridgehead atoms. The highest BCUT2D eigenvalue weighted by Crippen LogP contribution is 2.20. The van der Waals surface area contributed by atoms with Gasteiger partial charge >= 0.3 is 6.03 Å². The van der Waals surface area contributed by atoms with Crippen LogP contribution in [0.4, 0.5) is 4.79 Å². The fraction of sp³-hybridized carbons (Fsp3) is 0.889. The van der Waals surface area contributed by atoms with Crippen LogP contribution in [0.1, 0.15) is 26.7 Å². The van der Waals surface area contributed by atoms with Gasteiger partial charge in [0.2, 0.25) is 0 Å². The van der Waals surface area contributed by atoms with E-state index in [0.29, 0.717) is 6.04 Å². The summed E-state index contributed by atoms with van der Waals surface area (Å²) in [4.78, 5) is 13.0. The molecule has 4 heteroatoms. The van der Waals surface area contributed by atoms with E-state index in [9.17, 15) is 4.79 Å². The molecule has 13 heavy (non-hydrogen) atoms. The van der Waals surface area contributed by atoms with Gasteiger partial charge in [0.05, 0.1) is 12.1 Å². The van der Waals surface area contributed by atoms with Crippen molar-refractivity contribution in [2.24, 2.45) is 0 Å². The Morgan fingerprint density at radius 1 is 1.62 bits per heavy atom. The minimum atomic E-state index is -0.487. The lowest BCUT2D eigenvalue weighted by atomic mass is 10.1. The minimum absolute atomic E-state index is 0.0262. The van der Waals surface area contributed by atoms with Crippen LogP contribution in [-0.2, 0) is 0 Å². The molecule has 0 saturated heterocycles. The second kappa shape index (κ2) is 3.54. The van der Waals surface area contributed by atoms with Gasteiger partial charge in [0.1, 0.15) is 0 Å². The molecule has 0 aliphatic heterocycles. The average molecular weight is 186 g/mol. The fourth-order valence-corrected chi connectivity index (χ4v) is 0.880. The first-order valence-electron chi connectivity index (χ1n) is 4.62. The highest BCUT2D eigenvalue weighted by Gasteiger charge is 2.30. The van der Waals surface area contributed by atoms with Crippen molar-refractivity contribution in [2.75, 3.05) is 13.7 Å². The number of nitrogens with one attached hydrogen (secondary N) is 1. The van der Waals surface area contributed by atoms with Gasteiger partial charge in [-0.1, -0.05) is 0 Å². The number of urea groups is 1. The summed E-state index contributed by atoms with van der Waals surface area (Å²) in [5.41, 5.74) is -0.487. The van der Waals surface area contributed by atoms with Gasteiger partial charge in [-0.15, -0.1) is 0 Å². The van der Waals surface area contributed by atoms with Gasteiger partial charge in [0.15, 0.2) is 0 Å². The number of hydrogen-bond donors (Lipinski definition) is 2. The van der Waals surface area contributed by atoms with Gasteiger partial charge in [-0.25, -0.2) is 4.79 Å². The Morgan fingerprint density at radius 2 is 2.15 bits per heavy atom. The van der Waals surface area contributed by atoms with Crippen LogP contribution in [0, 0.1) is 0 Å². The van der Waals surface area contributed by atoms with Crippen LogP contribution in [0.2, 0.25) is 0 Å². The number of likely N-dealkylation sites (N-methyl/N-ethyl adjacent to an activating group) is 1. The standard InChI is InChI=1S/C9H18N2O2/c1-9(2,6-12)11(3)8(13)10-7-4-5-7/h7,12H,4-6H2,1-3H3,(H,10,13). The van der Waals surface area contributed by atoms with Gasteiger partial charge in [-0.2, -0.15) is 0 Å². The van der Waals surface area contributed by atoms with Crippen LogP contribution in [0.15, 0.2) is 0 Å². The van der Waals surface area contributed by atoms with Crippen molar-refractivity contribution in [2.45, 2.75) is 38.3 Å². The molecule has 1 fully saturated rings. The van der Waals surface area contributed by atoms with Gasteiger partial charge in [-0.05, 0) is 26.7 Å². The van der Waals surface area contributed by atoms with Crippen LogP contribution in [0.5, 0.6) is 0 Å². The Balaban J connectivity index is 2.44. The summed E-state index contributed by atoms with van der Waals surface area (Å²) >= 11 is 0. The predicted octanol–water partition coefficient (Wildman–Crippen LogP) is 0.561. The zero-order valence-electron chi connectivity index (χ0n) is 8.50. The van der Waals surface area contributed by atoms with Gasteiger partial charge < -0.3 is 15.3 Å². The first-order chi connectivity index (χ1) is 5.97. The molecule has 1 saturated carbocycles. The SMILES string of the molecule is CN(C(=O)NC1CC1)C(C)(C)CO. The molecular weight excluding hydrogens is 168 g/mol. The van der Waals surface area contributed by atoms with E-state index < -0.39 is 5.54 Å². The van der Waals surface area contributed by atoms with Crippen molar-refractivity contribution < 1.29 is 9.90 Å². The van der Waals surface area contributed by atoms with Crippen LogP contribution < -0.4 is 5.32 Å². The molecule has 0 aromatic carbocycles. The molecule has 0 heterocycles. The lowest BCUT2D eigenvalue weighted by Crippen LogP contribution is -2.52. The van der Waals surface area contributed by atoms with E-state index in [1.807, 2.05) is 13.8 Å². The van der Waals surface area contributed by atoms with Crippen molar-refractivity contribution in [3.63, 3.8) is 0 Å². The number of aliphatic hydroxyl groups is 1. The van der Waals surface area contributed by atoms with E-state index in [2.05, 4.69) is 5.32 Å². The average Bonchev–Trinajstić information content (AvgIpc) is 2.86. The first-order valence-corrected chi connectivity index (χ1v) is 4.62. The Hall–Kier alpha value is -0.770. The maximum absolute atomic E-state index is 11.5. The Kier molecular flexibility index (Phi) is 2.81. The van der Waals surface area contributed by atoms with E-state index >= 15 is 0 Å². The maximum atomic E-state index is 11.5. The quantitative estimate of drug-likeness (QED) is 0.676. The van der Waals surface area contributed by atoms with Crippen LogP contribution in [0.25, 0.3) is 0 Å². The zero-order chi connectivity index (χ0) is 10.1. The lowest BCUT2D eigenvalue weighted by Gasteiger charge is -2.33. The molecule has 76 valence electrons. The van der Waals surface area contributed by atoms with Crippen molar-refractivity contribution in [3.8, 4) is 0 Å². The molecule has 2 amide bonds. The fourth-order valence-electron chi connectivity index (χ4n) is 0.880. The van der Waals surface area contributed by atoms with E-state index in [1.165, 1.54) is 0 Å². The van der Waals surface area contributed by atoms with Gasteiger partial charge in [-0.3, -0.25) is 0 Å². The summed E-state index contributed by atoms with van der Waals surface area (Å²) in [7, 11) is 1.70. The monoisotopic (exact) mass is 186 g/mol. The highest BCUT2D eigenvalue weighted by molar-refractivity contribution is 5.75. The normalized spacial score (nSPS) is 16.9. The molecule has 0 spiro atoms. The van der Waals surface area contributed by atoms with Crippen LogP contribution in [-0.4, -0.2) is 41.3 Å². The summed E-state index contributed by atoms with van der Waals surface area (Å²) in [5.74, 6) is 0. The van der Waals surface area contributed by atoms with E-state index in [1.54, 1.807) is 11.9 Å². The maximum Gasteiger partial charge on any atom is 0.317 e. The molecule has 1 aliphatic rings. The molecule has 1 rings (SSSR count). The molecule has 1 aliphatic carbocycles. The Morgan fingerprint density at radius 3 is 2.54 bits per heavy atom. The van der Waals surface area contributed by atoms with Crippen molar-refractivity contribution in [1.29, 1.82) is 0 Å². The summed E-state index contributed by atoms with van der Waals surface area (Å²) < 4.78 is 0. The Labute approximate surface area is 78.9 Å². The van der Waals surface area contributed by atoms with Gasteiger partial charge in [0.25, 0.3) is 0 Å². The molecule has 0 unspecified atom stereocenters. The minimum Gasteiger partial charge on any atom is -0.394 e. The number of carbonyl (C=O) groups is 1. The van der Waals surface area contributed by atoms with E-state index in [-0.39, 0.29) is 12.6 Å². The third-order valence-electron chi connectivity index (χ3n) is 2.50. The first kappa shape index (κ1) is 10.3. The predicted molar refractivity (Wildman–Crippen MR) is 50.5 cm³/mol. The summed E-state index contributed by atoms with van der Waals surface area (Å²) in [5, 5.41) is 11.9. The third kappa shape index (κ3) is 2.59. The third-order valence-corrected chi connectivity index (χ3v) is 2.50. The van der Waals surface area contributed by atoms with E-state index in [0.717, 1.165) is 12.8 Å². The zero-order valence-corrected chi connectivity index (χ0v) is 8.50. The van der Waals surface area contributed by atoms with Crippen LogP contribution >= 0.6 is 0 Å². The lowest BCUT2D eigenvalue weighted by molar-refractivity contribution is 0.0974. The number of aliphatic hydroxyl groups excluding tert-OH is 1. The molecule has 0 atom stereocenters. The van der Waals surface area contributed by atoms with Gasteiger partial charge in [0, 0.05) is 13.1 Å². The number of carbonyl (C=O) groups excluding carboxylic acids is 1. The van der Waals surface area contributed by atoms with Crippen LogP contribution in [0.3, 0.4) is 0 Å². The smallest absolute Gasteiger partial charge is 0.317 e. The van der Waals surface area contributed by atoms with Crippen molar-refractivity contribution in [1.82, 2.24) is 10.2 Å². The number of amides is 2. The molecule has 0 aromatic rings. The second-order valence-electron chi connectivity index (χ2n) is 4.25. The molecule has 4 nitrogen and oxygen atoms in total. The van der Waals surface area contributed by atoms with Crippen molar-refractivity contribution in [3.05, 3.63) is 0 Å². The number of nitrogens with zero attached hydrogens (tertiary/aromatic N) is 1. The van der Waals surface area contributed by atoms with E-state index in [4.69, 9.17) is 5.11 Å². The van der Waals surface area contributed by atoms with Crippen molar-refractivity contribution >= 4 is 6.03 Å². The number of rotatable bonds is 3. The highest BCUT2D eigenvalue weighted by atomic mass is 16.3. The Bertz CT molecular complexity index is 200. The number of hydrogen-bond acceptors (Lipinski definition) is 2. The summed E-state index contributed by atoms with van der Waals surface area (Å²) in [6.07, 6.45) is 2.16. The molecule has 2 N–H and O–H groups in total. The molecular formula is C9H18N2O2. The topological polar surface area (TPSA) is 52.6 Å². The summed E-state index contributed by atoms with van der Waals surface area (Å²) in [6, 6.07) is 0.269. The molecule has 0 aromatic heterocycles. The molecule has 0 radical (unpaired) electrons. The largest absolute Gasteiger partial charge is 0.394 e.